The number of rotatable bonds is 4. The number of nitrogens with one attached hydrogen (secondary N) is 1. The fraction of sp³-hybridized carbons (Fsp3) is 0.571. The topological polar surface area (TPSA) is 30.5 Å². The van der Waals surface area contributed by atoms with Gasteiger partial charge >= 0.3 is 0 Å². The molecule has 1 saturated heterocycles. The zero-order chi connectivity index (χ0) is 12.3. The van der Waals surface area contributed by atoms with Crippen LogP contribution in [0.5, 0.6) is 5.75 Å². The molecule has 0 bridgehead atoms. The molecule has 1 aromatic carbocycles. The highest BCUT2D eigenvalue weighted by Gasteiger charge is 2.26. The third-order valence-electron chi connectivity index (χ3n) is 3.45. The Balaban J connectivity index is 2.06. The number of hydrogen-bond acceptors (Lipinski definition) is 3. The van der Waals surface area contributed by atoms with Crippen LogP contribution in [-0.2, 0) is 4.74 Å². The molecule has 3 atom stereocenters. The van der Waals surface area contributed by atoms with Gasteiger partial charge in [0.05, 0.1) is 13.2 Å². The fourth-order valence-electron chi connectivity index (χ4n) is 2.39. The minimum Gasteiger partial charge on any atom is -0.496 e. The van der Waals surface area contributed by atoms with Crippen LogP contribution >= 0.6 is 0 Å². The highest BCUT2D eigenvalue weighted by Crippen LogP contribution is 2.26. The van der Waals surface area contributed by atoms with Crippen molar-refractivity contribution in [1.29, 1.82) is 0 Å². The van der Waals surface area contributed by atoms with Crippen LogP contribution in [0.15, 0.2) is 24.3 Å². The first-order chi connectivity index (χ1) is 8.22. The summed E-state index contributed by atoms with van der Waals surface area (Å²) in [4.78, 5) is 0. The summed E-state index contributed by atoms with van der Waals surface area (Å²) in [7, 11) is 1.72. The molecular weight excluding hydrogens is 214 g/mol. The maximum atomic E-state index is 5.56. The van der Waals surface area contributed by atoms with Crippen LogP contribution in [0.1, 0.15) is 31.9 Å². The second-order valence-corrected chi connectivity index (χ2v) is 4.60. The molecule has 1 aliphatic heterocycles. The molecule has 0 spiro atoms. The van der Waals surface area contributed by atoms with Crippen molar-refractivity contribution in [3.63, 3.8) is 0 Å². The molecule has 3 heteroatoms. The number of para-hydroxylation sites is 1. The minimum atomic E-state index is 0.278. The normalized spacial score (nSPS) is 25.8. The lowest BCUT2D eigenvalue weighted by molar-refractivity contribution is 0.111. The quantitative estimate of drug-likeness (QED) is 0.870. The molecule has 94 valence electrons. The Morgan fingerprint density at radius 3 is 2.82 bits per heavy atom. The first-order valence-corrected chi connectivity index (χ1v) is 6.23. The van der Waals surface area contributed by atoms with Gasteiger partial charge in [0.25, 0.3) is 0 Å². The van der Waals surface area contributed by atoms with E-state index in [1.807, 2.05) is 18.2 Å². The van der Waals surface area contributed by atoms with Crippen molar-refractivity contribution >= 4 is 0 Å². The van der Waals surface area contributed by atoms with Crippen LogP contribution in [-0.4, -0.2) is 25.9 Å². The maximum absolute atomic E-state index is 5.56. The van der Waals surface area contributed by atoms with Gasteiger partial charge in [-0.15, -0.1) is 0 Å². The van der Waals surface area contributed by atoms with Gasteiger partial charge in [-0.1, -0.05) is 18.2 Å². The smallest absolute Gasteiger partial charge is 0.123 e. The molecule has 2 unspecified atom stereocenters. The Labute approximate surface area is 103 Å². The molecule has 1 N–H and O–H groups in total. The zero-order valence-electron chi connectivity index (χ0n) is 10.8. The molecule has 2 rings (SSSR count). The Morgan fingerprint density at radius 1 is 1.41 bits per heavy atom. The summed E-state index contributed by atoms with van der Waals surface area (Å²) in [5.74, 6) is 0.944. The monoisotopic (exact) mass is 235 g/mol. The molecule has 0 radical (unpaired) electrons. The standard InChI is InChI=1S/C14H21NO2/c1-10(15-13-8-9-17-11(13)2)12-6-4-5-7-14(12)16-3/h4-7,10-11,13,15H,8-9H2,1-3H3/t10-,11?,13?/m1/s1. The van der Waals surface area contributed by atoms with Gasteiger partial charge in [0.1, 0.15) is 5.75 Å². The second kappa shape index (κ2) is 5.52. The number of hydrogen-bond donors (Lipinski definition) is 1. The van der Waals surface area contributed by atoms with E-state index in [2.05, 4.69) is 25.2 Å². The Hall–Kier alpha value is -1.06. The first kappa shape index (κ1) is 12.4. The van der Waals surface area contributed by atoms with E-state index in [0.717, 1.165) is 18.8 Å². The molecule has 17 heavy (non-hydrogen) atoms. The molecule has 0 aliphatic carbocycles. The average molecular weight is 235 g/mol. The van der Waals surface area contributed by atoms with Crippen molar-refractivity contribution in [2.24, 2.45) is 0 Å². The van der Waals surface area contributed by atoms with E-state index >= 15 is 0 Å². The highest BCUT2D eigenvalue weighted by molar-refractivity contribution is 5.35. The summed E-state index contributed by atoms with van der Waals surface area (Å²) in [6.07, 6.45) is 1.38. The first-order valence-electron chi connectivity index (χ1n) is 6.23. The van der Waals surface area contributed by atoms with E-state index in [1.54, 1.807) is 7.11 Å². The van der Waals surface area contributed by atoms with Gasteiger partial charge in [0.15, 0.2) is 0 Å². The summed E-state index contributed by atoms with van der Waals surface area (Å²) in [5, 5.41) is 3.61. The third kappa shape index (κ3) is 2.79. The van der Waals surface area contributed by atoms with E-state index < -0.39 is 0 Å². The lowest BCUT2D eigenvalue weighted by Gasteiger charge is -2.23. The van der Waals surface area contributed by atoms with Crippen molar-refractivity contribution in [2.75, 3.05) is 13.7 Å². The van der Waals surface area contributed by atoms with Gasteiger partial charge in [-0.3, -0.25) is 0 Å². The van der Waals surface area contributed by atoms with Crippen molar-refractivity contribution < 1.29 is 9.47 Å². The SMILES string of the molecule is COc1ccccc1[C@@H](C)NC1CCOC1C. The molecule has 3 nitrogen and oxygen atoms in total. The zero-order valence-corrected chi connectivity index (χ0v) is 10.8. The number of methoxy groups -OCH3 is 1. The molecule has 1 fully saturated rings. The Morgan fingerprint density at radius 2 is 2.18 bits per heavy atom. The Bertz CT molecular complexity index is 367. The van der Waals surface area contributed by atoms with Crippen molar-refractivity contribution in [3.05, 3.63) is 29.8 Å². The van der Waals surface area contributed by atoms with Crippen molar-refractivity contribution in [2.45, 2.75) is 38.5 Å². The number of ether oxygens (including phenoxy) is 2. The van der Waals surface area contributed by atoms with Crippen LogP contribution in [0.25, 0.3) is 0 Å². The highest BCUT2D eigenvalue weighted by atomic mass is 16.5. The van der Waals surface area contributed by atoms with Gasteiger partial charge < -0.3 is 14.8 Å². The molecule has 1 aliphatic rings. The van der Waals surface area contributed by atoms with Gasteiger partial charge in [0.2, 0.25) is 0 Å². The van der Waals surface area contributed by atoms with E-state index in [1.165, 1.54) is 5.56 Å². The lowest BCUT2D eigenvalue weighted by Crippen LogP contribution is -2.36. The predicted molar refractivity (Wildman–Crippen MR) is 68.4 cm³/mol. The van der Waals surface area contributed by atoms with Crippen LogP contribution in [0.4, 0.5) is 0 Å². The molecule has 1 aromatic rings. The molecule has 1 heterocycles. The van der Waals surface area contributed by atoms with E-state index in [9.17, 15) is 0 Å². The summed E-state index contributed by atoms with van der Waals surface area (Å²) in [6.45, 7) is 5.15. The third-order valence-corrected chi connectivity index (χ3v) is 3.45. The molecule has 0 aromatic heterocycles. The molecule has 0 saturated carbocycles. The summed E-state index contributed by atoms with van der Waals surface area (Å²) in [5.41, 5.74) is 1.20. The van der Waals surface area contributed by atoms with Crippen LogP contribution in [0.3, 0.4) is 0 Å². The van der Waals surface area contributed by atoms with Gasteiger partial charge in [-0.25, -0.2) is 0 Å². The second-order valence-electron chi connectivity index (χ2n) is 4.60. The van der Waals surface area contributed by atoms with Gasteiger partial charge in [0, 0.05) is 24.3 Å². The van der Waals surface area contributed by atoms with Crippen molar-refractivity contribution in [1.82, 2.24) is 5.32 Å². The van der Waals surface area contributed by atoms with Gasteiger partial charge in [-0.05, 0) is 26.3 Å². The summed E-state index contributed by atoms with van der Waals surface area (Å²) in [6, 6.07) is 8.87. The van der Waals surface area contributed by atoms with Crippen LogP contribution in [0.2, 0.25) is 0 Å². The lowest BCUT2D eigenvalue weighted by atomic mass is 10.0. The molecule has 0 amide bonds. The average Bonchev–Trinajstić information content (AvgIpc) is 2.75. The van der Waals surface area contributed by atoms with E-state index in [4.69, 9.17) is 9.47 Å². The maximum Gasteiger partial charge on any atom is 0.123 e. The van der Waals surface area contributed by atoms with Crippen LogP contribution in [0, 0.1) is 0 Å². The Kier molecular flexibility index (Phi) is 4.02. The fourth-order valence-corrected chi connectivity index (χ4v) is 2.39. The number of benzene rings is 1. The predicted octanol–water partition coefficient (Wildman–Crippen LogP) is 2.52. The summed E-state index contributed by atoms with van der Waals surface area (Å²) < 4.78 is 11.0. The minimum absolute atomic E-state index is 0.278. The van der Waals surface area contributed by atoms with Crippen molar-refractivity contribution in [3.8, 4) is 5.75 Å². The van der Waals surface area contributed by atoms with E-state index in [-0.39, 0.29) is 6.04 Å². The van der Waals surface area contributed by atoms with E-state index in [0.29, 0.717) is 12.1 Å². The summed E-state index contributed by atoms with van der Waals surface area (Å²) >= 11 is 0. The largest absolute Gasteiger partial charge is 0.496 e. The molecular formula is C14H21NO2. The van der Waals surface area contributed by atoms with Crippen LogP contribution < -0.4 is 10.1 Å². The van der Waals surface area contributed by atoms with Gasteiger partial charge in [-0.2, -0.15) is 0 Å².